The first-order valence-corrected chi connectivity index (χ1v) is 11.2. The van der Waals surface area contributed by atoms with Crippen LogP contribution in [-0.4, -0.2) is 48.1 Å². The zero-order valence-corrected chi connectivity index (χ0v) is 18.0. The largest absolute Gasteiger partial charge is 0.381 e. The Morgan fingerprint density at radius 3 is 3.00 bits per heavy atom. The smallest absolute Gasteiger partial charge is 0.257 e. The van der Waals surface area contributed by atoms with Crippen molar-refractivity contribution < 1.29 is 14.3 Å². The Hall–Kier alpha value is -3.04. The molecule has 4 heterocycles. The predicted octanol–water partition coefficient (Wildman–Crippen LogP) is 3.44. The lowest BCUT2D eigenvalue weighted by Crippen LogP contribution is -2.44. The average Bonchev–Trinajstić information content (AvgIpc) is 3.15. The summed E-state index contributed by atoms with van der Waals surface area (Å²) in [6.07, 6.45) is 3.40. The summed E-state index contributed by atoms with van der Waals surface area (Å²) in [5.41, 5.74) is 2.60. The van der Waals surface area contributed by atoms with E-state index in [-0.39, 0.29) is 18.4 Å². The maximum absolute atomic E-state index is 12.9. The number of amides is 2. The van der Waals surface area contributed by atoms with Crippen molar-refractivity contribution >= 4 is 50.6 Å². The molecule has 2 N–H and O–H groups in total. The molecule has 0 bridgehead atoms. The number of benzene rings is 1. The van der Waals surface area contributed by atoms with Gasteiger partial charge in [0.05, 0.1) is 33.0 Å². The van der Waals surface area contributed by atoms with Crippen molar-refractivity contribution in [1.29, 1.82) is 0 Å². The molecular formula is C22H23N5O3S. The molecule has 0 saturated carbocycles. The highest BCUT2D eigenvalue weighted by atomic mass is 32.1. The van der Waals surface area contributed by atoms with Crippen LogP contribution in [0.2, 0.25) is 0 Å². The Kier molecular flexibility index (Phi) is 5.29. The summed E-state index contributed by atoms with van der Waals surface area (Å²) in [7, 11) is 0. The first kappa shape index (κ1) is 19.9. The first-order valence-electron chi connectivity index (χ1n) is 10.4. The molecule has 5 rings (SSSR count). The average molecular weight is 438 g/mol. The van der Waals surface area contributed by atoms with Crippen LogP contribution >= 0.6 is 11.3 Å². The fourth-order valence-corrected chi connectivity index (χ4v) is 4.83. The minimum Gasteiger partial charge on any atom is -0.381 e. The van der Waals surface area contributed by atoms with Crippen molar-refractivity contribution in [3.63, 3.8) is 0 Å². The molecule has 0 spiro atoms. The molecule has 1 saturated heterocycles. The highest BCUT2D eigenvalue weighted by Gasteiger charge is 2.29. The third-order valence-corrected chi connectivity index (χ3v) is 6.61. The summed E-state index contributed by atoms with van der Waals surface area (Å²) in [4.78, 5) is 36.2. The van der Waals surface area contributed by atoms with Crippen molar-refractivity contribution in [1.82, 2.24) is 9.97 Å². The van der Waals surface area contributed by atoms with Gasteiger partial charge >= 0.3 is 0 Å². The van der Waals surface area contributed by atoms with Gasteiger partial charge in [-0.2, -0.15) is 0 Å². The van der Waals surface area contributed by atoms with Crippen LogP contribution in [-0.2, 0) is 9.53 Å². The van der Waals surface area contributed by atoms with E-state index in [0.717, 1.165) is 41.3 Å². The van der Waals surface area contributed by atoms with Gasteiger partial charge in [-0.15, -0.1) is 11.3 Å². The quantitative estimate of drug-likeness (QED) is 0.649. The van der Waals surface area contributed by atoms with E-state index in [1.807, 2.05) is 25.1 Å². The van der Waals surface area contributed by atoms with Crippen LogP contribution in [0, 0.1) is 12.8 Å². The van der Waals surface area contributed by atoms with E-state index in [1.165, 1.54) is 6.20 Å². The summed E-state index contributed by atoms with van der Waals surface area (Å²) in [6, 6.07) is 7.43. The topological polar surface area (TPSA) is 96.5 Å². The van der Waals surface area contributed by atoms with E-state index in [4.69, 9.17) is 4.74 Å². The van der Waals surface area contributed by atoms with E-state index < -0.39 is 0 Å². The molecule has 2 aliphatic rings. The number of aryl methyl sites for hydroxylation is 1. The van der Waals surface area contributed by atoms with Gasteiger partial charge in [-0.3, -0.25) is 9.59 Å². The molecular weight excluding hydrogens is 414 g/mol. The Morgan fingerprint density at radius 1 is 1.32 bits per heavy atom. The summed E-state index contributed by atoms with van der Waals surface area (Å²) in [5.74, 6) is 0.727. The molecule has 2 amide bonds. The number of carbonyl (C=O) groups is 2. The zero-order chi connectivity index (χ0) is 21.4. The number of ether oxygens (including phenoxy) is 1. The van der Waals surface area contributed by atoms with E-state index in [2.05, 4.69) is 20.6 Å². The number of thiazole rings is 1. The SMILES string of the molecule is Cc1nc2cc(NC(=O)c3cnc4c(c3)N(CC3CCOCC3)C(=O)CN4)ccc2s1. The van der Waals surface area contributed by atoms with Crippen molar-refractivity contribution in [2.75, 3.05) is 41.8 Å². The molecule has 0 radical (unpaired) electrons. The Labute approximate surface area is 183 Å². The predicted molar refractivity (Wildman–Crippen MR) is 121 cm³/mol. The van der Waals surface area contributed by atoms with Gasteiger partial charge in [0.1, 0.15) is 5.82 Å². The minimum absolute atomic E-state index is 0.0114. The van der Waals surface area contributed by atoms with Crippen molar-refractivity contribution in [2.45, 2.75) is 19.8 Å². The van der Waals surface area contributed by atoms with Gasteiger partial charge in [0.2, 0.25) is 5.91 Å². The number of hydrogen-bond acceptors (Lipinski definition) is 7. The molecule has 160 valence electrons. The normalized spacial score (nSPS) is 16.8. The maximum Gasteiger partial charge on any atom is 0.257 e. The number of fused-ring (bicyclic) bond motifs is 2. The fraction of sp³-hybridized carbons (Fsp3) is 0.364. The summed E-state index contributed by atoms with van der Waals surface area (Å²) in [6.45, 7) is 4.23. The third-order valence-electron chi connectivity index (χ3n) is 5.66. The van der Waals surface area contributed by atoms with Gasteiger partial charge in [-0.25, -0.2) is 9.97 Å². The number of nitrogens with one attached hydrogen (secondary N) is 2. The van der Waals surface area contributed by atoms with Crippen LogP contribution in [0.3, 0.4) is 0 Å². The minimum atomic E-state index is -0.273. The lowest BCUT2D eigenvalue weighted by molar-refractivity contribution is -0.117. The highest BCUT2D eigenvalue weighted by molar-refractivity contribution is 7.18. The summed E-state index contributed by atoms with van der Waals surface area (Å²) >= 11 is 1.62. The lowest BCUT2D eigenvalue weighted by Gasteiger charge is -2.33. The molecule has 1 fully saturated rings. The molecule has 1 aromatic carbocycles. The number of aromatic nitrogens is 2. The van der Waals surface area contributed by atoms with Crippen molar-refractivity contribution in [2.24, 2.45) is 5.92 Å². The van der Waals surface area contributed by atoms with Crippen LogP contribution in [0.25, 0.3) is 10.2 Å². The van der Waals surface area contributed by atoms with Gasteiger partial charge in [0.15, 0.2) is 0 Å². The third kappa shape index (κ3) is 4.11. The Balaban J connectivity index is 1.38. The molecule has 0 unspecified atom stereocenters. The standard InChI is InChI=1S/C22H23N5O3S/c1-13-25-17-9-16(2-3-19(17)31-13)26-22(29)15-8-18-21(23-10-15)24-11-20(28)27(18)12-14-4-6-30-7-5-14/h2-3,8-10,14H,4-7,11-12H2,1H3,(H,23,24)(H,26,29). The van der Waals surface area contributed by atoms with Gasteiger partial charge < -0.3 is 20.3 Å². The molecule has 8 nitrogen and oxygen atoms in total. The molecule has 0 aliphatic carbocycles. The number of carbonyl (C=O) groups excluding carboxylic acids is 2. The van der Waals surface area contributed by atoms with E-state index in [9.17, 15) is 9.59 Å². The molecule has 2 aromatic heterocycles. The number of anilines is 3. The van der Waals surface area contributed by atoms with Crippen LogP contribution in [0.5, 0.6) is 0 Å². The highest BCUT2D eigenvalue weighted by Crippen LogP contribution is 2.31. The van der Waals surface area contributed by atoms with E-state index >= 15 is 0 Å². The summed E-state index contributed by atoms with van der Waals surface area (Å²) < 4.78 is 6.52. The van der Waals surface area contributed by atoms with Gasteiger partial charge in [0.25, 0.3) is 5.91 Å². The lowest BCUT2D eigenvalue weighted by atomic mass is 9.99. The van der Waals surface area contributed by atoms with Gasteiger partial charge in [-0.05, 0) is 49.9 Å². The molecule has 0 atom stereocenters. The fourth-order valence-electron chi connectivity index (χ4n) is 4.02. The monoisotopic (exact) mass is 437 g/mol. The van der Waals surface area contributed by atoms with Crippen molar-refractivity contribution in [3.05, 3.63) is 41.0 Å². The van der Waals surface area contributed by atoms with Crippen LogP contribution < -0.4 is 15.5 Å². The second-order valence-corrected chi connectivity index (χ2v) is 9.11. The second-order valence-electron chi connectivity index (χ2n) is 7.87. The Bertz CT molecular complexity index is 1160. The molecule has 9 heteroatoms. The zero-order valence-electron chi connectivity index (χ0n) is 17.2. The second kappa shape index (κ2) is 8.24. The number of hydrogen-bond donors (Lipinski definition) is 2. The summed E-state index contributed by atoms with van der Waals surface area (Å²) in [5, 5.41) is 6.96. The van der Waals surface area contributed by atoms with E-state index in [1.54, 1.807) is 22.3 Å². The van der Waals surface area contributed by atoms with Gasteiger partial charge in [0, 0.05) is 31.6 Å². The number of rotatable bonds is 4. The molecule has 31 heavy (non-hydrogen) atoms. The van der Waals surface area contributed by atoms with Crippen molar-refractivity contribution in [3.8, 4) is 0 Å². The van der Waals surface area contributed by atoms with Gasteiger partial charge in [-0.1, -0.05) is 0 Å². The van der Waals surface area contributed by atoms with Crippen LogP contribution in [0.4, 0.5) is 17.2 Å². The van der Waals surface area contributed by atoms with E-state index in [0.29, 0.717) is 35.2 Å². The van der Waals surface area contributed by atoms with Crippen LogP contribution in [0.15, 0.2) is 30.5 Å². The maximum atomic E-state index is 12.9. The number of pyridine rings is 1. The molecule has 3 aromatic rings. The Morgan fingerprint density at radius 2 is 2.16 bits per heavy atom. The first-order chi connectivity index (χ1) is 15.1. The number of nitrogens with zero attached hydrogens (tertiary/aromatic N) is 3. The van der Waals surface area contributed by atoms with Crippen LogP contribution in [0.1, 0.15) is 28.2 Å². The molecule has 2 aliphatic heterocycles.